The number of amides is 1. The number of carbonyl (C=O) groups is 1. The molecule has 0 fully saturated rings. The fraction of sp³-hybridized carbons (Fsp3) is 0.0833. The standard InChI is InChI=1S/C12H12N2O/c13-12(15)11(10-6-7-14-8-10)9-4-2-1-3-5-9/h1-8,11,14H,(H2,13,15). The third kappa shape index (κ3) is 1.91. The minimum Gasteiger partial charge on any atom is -0.369 e. The summed E-state index contributed by atoms with van der Waals surface area (Å²) < 4.78 is 0. The summed E-state index contributed by atoms with van der Waals surface area (Å²) >= 11 is 0. The number of rotatable bonds is 3. The summed E-state index contributed by atoms with van der Waals surface area (Å²) in [6, 6.07) is 11.4. The van der Waals surface area contributed by atoms with Crippen molar-refractivity contribution in [1.29, 1.82) is 0 Å². The van der Waals surface area contributed by atoms with Gasteiger partial charge in [0.1, 0.15) is 0 Å². The summed E-state index contributed by atoms with van der Waals surface area (Å²) in [5.41, 5.74) is 7.22. The van der Waals surface area contributed by atoms with E-state index in [1.165, 1.54) is 0 Å². The van der Waals surface area contributed by atoms with E-state index < -0.39 is 0 Å². The molecule has 0 aliphatic heterocycles. The maximum absolute atomic E-state index is 11.4. The summed E-state index contributed by atoms with van der Waals surface area (Å²) in [6.07, 6.45) is 3.58. The fourth-order valence-electron chi connectivity index (χ4n) is 1.68. The van der Waals surface area contributed by atoms with Gasteiger partial charge < -0.3 is 10.7 Å². The molecule has 2 aromatic rings. The Kier molecular flexibility index (Phi) is 2.54. The first kappa shape index (κ1) is 9.52. The molecule has 0 radical (unpaired) electrons. The number of nitrogens with two attached hydrogens (primary N) is 1. The Morgan fingerprint density at radius 1 is 1.13 bits per heavy atom. The van der Waals surface area contributed by atoms with Crippen molar-refractivity contribution in [3.05, 3.63) is 59.9 Å². The molecule has 0 aliphatic rings. The van der Waals surface area contributed by atoms with Gasteiger partial charge >= 0.3 is 0 Å². The Morgan fingerprint density at radius 3 is 2.40 bits per heavy atom. The highest BCUT2D eigenvalue weighted by Gasteiger charge is 2.19. The van der Waals surface area contributed by atoms with E-state index in [1.807, 2.05) is 36.4 Å². The lowest BCUT2D eigenvalue weighted by Crippen LogP contribution is -2.21. The van der Waals surface area contributed by atoms with E-state index in [0.29, 0.717) is 0 Å². The monoisotopic (exact) mass is 200 g/mol. The van der Waals surface area contributed by atoms with Crippen molar-refractivity contribution in [3.8, 4) is 0 Å². The minimum absolute atomic E-state index is 0.333. The minimum atomic E-state index is -0.363. The Labute approximate surface area is 87.9 Å². The van der Waals surface area contributed by atoms with Crippen LogP contribution in [0.1, 0.15) is 17.0 Å². The molecular weight excluding hydrogens is 188 g/mol. The molecule has 15 heavy (non-hydrogen) atoms. The molecule has 3 nitrogen and oxygen atoms in total. The van der Waals surface area contributed by atoms with Crippen LogP contribution in [0.4, 0.5) is 0 Å². The number of benzene rings is 1. The van der Waals surface area contributed by atoms with Crippen LogP contribution in [0, 0.1) is 0 Å². The molecule has 1 unspecified atom stereocenters. The number of carbonyl (C=O) groups excluding carboxylic acids is 1. The Balaban J connectivity index is 2.42. The number of aromatic amines is 1. The average Bonchev–Trinajstić information content (AvgIpc) is 2.72. The van der Waals surface area contributed by atoms with Crippen LogP contribution >= 0.6 is 0 Å². The molecule has 3 heteroatoms. The lowest BCUT2D eigenvalue weighted by molar-refractivity contribution is -0.118. The van der Waals surface area contributed by atoms with E-state index in [1.54, 1.807) is 12.4 Å². The van der Waals surface area contributed by atoms with Crippen molar-refractivity contribution in [2.75, 3.05) is 0 Å². The highest BCUT2D eigenvalue weighted by Crippen LogP contribution is 2.23. The van der Waals surface area contributed by atoms with Gasteiger partial charge in [-0.1, -0.05) is 30.3 Å². The first-order valence-electron chi connectivity index (χ1n) is 4.76. The second kappa shape index (κ2) is 4.00. The van der Waals surface area contributed by atoms with Crippen LogP contribution in [0.2, 0.25) is 0 Å². The largest absolute Gasteiger partial charge is 0.369 e. The summed E-state index contributed by atoms with van der Waals surface area (Å²) in [5.74, 6) is -0.696. The van der Waals surface area contributed by atoms with E-state index in [2.05, 4.69) is 4.98 Å². The smallest absolute Gasteiger partial charge is 0.229 e. The predicted octanol–water partition coefficient (Wildman–Crippen LogP) is 1.63. The van der Waals surface area contributed by atoms with Crippen LogP contribution in [0.3, 0.4) is 0 Å². The van der Waals surface area contributed by atoms with Crippen LogP contribution in [0.5, 0.6) is 0 Å². The van der Waals surface area contributed by atoms with Crippen molar-refractivity contribution in [3.63, 3.8) is 0 Å². The van der Waals surface area contributed by atoms with E-state index in [0.717, 1.165) is 11.1 Å². The third-order valence-corrected chi connectivity index (χ3v) is 2.37. The van der Waals surface area contributed by atoms with Gasteiger partial charge in [-0.05, 0) is 17.2 Å². The zero-order chi connectivity index (χ0) is 10.7. The van der Waals surface area contributed by atoms with Crippen LogP contribution in [-0.2, 0) is 4.79 Å². The number of aromatic nitrogens is 1. The number of nitrogens with one attached hydrogen (secondary N) is 1. The van der Waals surface area contributed by atoms with Crippen molar-refractivity contribution in [1.82, 2.24) is 4.98 Å². The fourth-order valence-corrected chi connectivity index (χ4v) is 1.68. The SMILES string of the molecule is NC(=O)C(c1ccccc1)c1cc[nH]c1. The van der Waals surface area contributed by atoms with Crippen molar-refractivity contribution in [2.45, 2.75) is 5.92 Å². The van der Waals surface area contributed by atoms with Crippen LogP contribution in [-0.4, -0.2) is 10.9 Å². The molecule has 2 rings (SSSR count). The highest BCUT2D eigenvalue weighted by atomic mass is 16.1. The average molecular weight is 200 g/mol. The van der Waals surface area contributed by atoms with E-state index in [9.17, 15) is 4.79 Å². The molecule has 1 aromatic carbocycles. The maximum atomic E-state index is 11.4. The highest BCUT2D eigenvalue weighted by molar-refractivity contribution is 5.85. The van der Waals surface area contributed by atoms with Gasteiger partial charge in [0.15, 0.2) is 0 Å². The van der Waals surface area contributed by atoms with Gasteiger partial charge in [0.05, 0.1) is 5.92 Å². The van der Waals surface area contributed by atoms with Gasteiger partial charge in [-0.2, -0.15) is 0 Å². The zero-order valence-electron chi connectivity index (χ0n) is 8.18. The molecule has 1 heterocycles. The van der Waals surface area contributed by atoms with E-state index in [4.69, 9.17) is 5.73 Å². The second-order valence-electron chi connectivity index (χ2n) is 3.39. The third-order valence-electron chi connectivity index (χ3n) is 2.37. The van der Waals surface area contributed by atoms with Crippen molar-refractivity contribution in [2.24, 2.45) is 5.73 Å². The molecular formula is C12H12N2O. The van der Waals surface area contributed by atoms with E-state index in [-0.39, 0.29) is 11.8 Å². The van der Waals surface area contributed by atoms with Crippen molar-refractivity contribution >= 4 is 5.91 Å². The second-order valence-corrected chi connectivity index (χ2v) is 3.39. The summed E-state index contributed by atoms with van der Waals surface area (Å²) in [7, 11) is 0. The molecule has 0 saturated carbocycles. The molecule has 76 valence electrons. The van der Waals surface area contributed by atoms with Crippen LogP contribution in [0.15, 0.2) is 48.8 Å². The molecule has 0 aliphatic carbocycles. The lowest BCUT2D eigenvalue weighted by atomic mass is 9.93. The Bertz CT molecular complexity index is 434. The van der Waals surface area contributed by atoms with Gasteiger partial charge in [-0.3, -0.25) is 4.79 Å². The Morgan fingerprint density at radius 2 is 1.87 bits per heavy atom. The molecule has 3 N–H and O–H groups in total. The molecule has 1 aromatic heterocycles. The quantitative estimate of drug-likeness (QED) is 0.777. The summed E-state index contributed by atoms with van der Waals surface area (Å²) in [6.45, 7) is 0. The molecule has 1 amide bonds. The molecule has 0 bridgehead atoms. The van der Waals surface area contributed by atoms with Gasteiger partial charge in [0, 0.05) is 12.4 Å². The summed E-state index contributed by atoms with van der Waals surface area (Å²) in [5, 5.41) is 0. The number of hydrogen-bond acceptors (Lipinski definition) is 1. The van der Waals surface area contributed by atoms with Crippen LogP contribution in [0.25, 0.3) is 0 Å². The molecule has 1 atom stereocenters. The van der Waals surface area contributed by atoms with Crippen LogP contribution < -0.4 is 5.73 Å². The number of primary amides is 1. The molecule has 0 saturated heterocycles. The normalized spacial score (nSPS) is 12.3. The van der Waals surface area contributed by atoms with Gasteiger partial charge in [-0.25, -0.2) is 0 Å². The molecule has 0 spiro atoms. The van der Waals surface area contributed by atoms with Crippen molar-refractivity contribution < 1.29 is 4.79 Å². The topological polar surface area (TPSA) is 58.9 Å². The van der Waals surface area contributed by atoms with Gasteiger partial charge in [0.25, 0.3) is 0 Å². The van der Waals surface area contributed by atoms with E-state index >= 15 is 0 Å². The van der Waals surface area contributed by atoms with Gasteiger partial charge in [-0.15, -0.1) is 0 Å². The number of H-pyrrole nitrogens is 1. The van der Waals surface area contributed by atoms with Gasteiger partial charge in [0.2, 0.25) is 5.91 Å². The first-order valence-corrected chi connectivity index (χ1v) is 4.76. The lowest BCUT2D eigenvalue weighted by Gasteiger charge is -2.11. The zero-order valence-corrected chi connectivity index (χ0v) is 8.18. The Hall–Kier alpha value is -2.03. The maximum Gasteiger partial charge on any atom is 0.229 e. The first-order chi connectivity index (χ1) is 7.29. The number of hydrogen-bond donors (Lipinski definition) is 2. The summed E-state index contributed by atoms with van der Waals surface area (Å²) in [4.78, 5) is 14.3. The predicted molar refractivity (Wildman–Crippen MR) is 58.3 cm³/mol.